The van der Waals surface area contributed by atoms with Crippen LogP contribution in [0.25, 0.3) is 5.76 Å². The summed E-state index contributed by atoms with van der Waals surface area (Å²) in [6, 6.07) is 8.93. The standard InChI is InChI=1S/C24H24ClN3O7/c1-34-19-7-4-16(14-18(19)25)22(29)20-21(15-2-5-17(6-3-15)28(32)33)27(24(31)23(20)30)9-8-26-10-12-35-13-11-26/h2-7,14,21,29H,8-13H2,1H3/b22-20+. The average molecular weight is 502 g/mol. The number of morpholine rings is 1. The van der Waals surface area contributed by atoms with E-state index in [1.54, 1.807) is 0 Å². The molecule has 10 nitrogen and oxygen atoms in total. The van der Waals surface area contributed by atoms with Gasteiger partial charge in [-0.1, -0.05) is 23.4 Å². The summed E-state index contributed by atoms with van der Waals surface area (Å²) in [4.78, 5) is 39.3. The van der Waals surface area contributed by atoms with E-state index in [2.05, 4.69) is 0 Å². The summed E-state index contributed by atoms with van der Waals surface area (Å²) < 4.78 is 10.5. The predicted octanol–water partition coefficient (Wildman–Crippen LogP) is 0.396. The number of non-ortho nitro benzene ring substituents is 1. The molecule has 2 fully saturated rings. The number of hydrogen-bond acceptors (Lipinski definition) is 7. The van der Waals surface area contributed by atoms with Crippen LogP contribution in [0.3, 0.4) is 0 Å². The Bertz CT molecular complexity index is 1180. The number of Topliss-reactive ketones (excluding diaryl/α,β-unsaturated/α-hetero) is 1. The summed E-state index contributed by atoms with van der Waals surface area (Å²) in [6.45, 7) is 3.59. The molecule has 1 unspecified atom stereocenters. The third kappa shape index (κ3) is 5.00. The minimum absolute atomic E-state index is 0.136. The molecule has 0 saturated carbocycles. The van der Waals surface area contributed by atoms with Crippen molar-refractivity contribution < 1.29 is 34.0 Å². The highest BCUT2D eigenvalue weighted by molar-refractivity contribution is 6.46. The number of carbonyl (C=O) groups excluding carboxylic acids is 2. The van der Waals surface area contributed by atoms with Gasteiger partial charge in [-0.15, -0.1) is 0 Å². The monoisotopic (exact) mass is 501 g/mol. The SMILES string of the molecule is COc1ccc(/C([O-])=C2\C(=O)C(=O)N(CC[NH+]3CCOCC3)C2c2ccc([N+](=O)[O-])cc2)cc1Cl. The maximum absolute atomic E-state index is 13.5. The minimum Gasteiger partial charge on any atom is -0.872 e. The normalized spacial score (nSPS) is 20.3. The Kier molecular flexibility index (Phi) is 7.34. The number of nitro groups is 1. The first kappa shape index (κ1) is 24.6. The first-order chi connectivity index (χ1) is 16.8. The minimum atomic E-state index is -0.968. The number of ether oxygens (including phenoxy) is 2. The van der Waals surface area contributed by atoms with Gasteiger partial charge in [0.15, 0.2) is 0 Å². The molecule has 2 aliphatic rings. The van der Waals surface area contributed by atoms with Gasteiger partial charge in [-0.3, -0.25) is 19.7 Å². The van der Waals surface area contributed by atoms with Crippen molar-refractivity contribution in [3.63, 3.8) is 0 Å². The summed E-state index contributed by atoms with van der Waals surface area (Å²) in [5, 5.41) is 24.8. The Balaban J connectivity index is 1.76. The number of likely N-dealkylation sites (tertiary alicyclic amines) is 1. The number of benzene rings is 2. The molecule has 0 aromatic heterocycles. The van der Waals surface area contributed by atoms with E-state index in [0.29, 0.717) is 31.1 Å². The number of nitrogens with zero attached hydrogens (tertiary/aromatic N) is 2. The lowest BCUT2D eigenvalue weighted by Crippen LogP contribution is -3.14. The molecule has 2 saturated heterocycles. The highest BCUT2D eigenvalue weighted by Crippen LogP contribution is 2.39. The molecular formula is C24H24ClN3O7. The molecule has 2 aromatic rings. The first-order valence-electron chi connectivity index (χ1n) is 11.1. The number of hydrogen-bond donors (Lipinski definition) is 1. The van der Waals surface area contributed by atoms with Crippen LogP contribution < -0.4 is 14.7 Å². The van der Waals surface area contributed by atoms with Gasteiger partial charge in [0.05, 0.1) is 49.4 Å². The quantitative estimate of drug-likeness (QED) is 0.191. The van der Waals surface area contributed by atoms with E-state index in [1.807, 2.05) is 0 Å². The largest absolute Gasteiger partial charge is 0.872 e. The fourth-order valence-electron chi connectivity index (χ4n) is 4.38. The van der Waals surface area contributed by atoms with Crippen LogP contribution >= 0.6 is 11.6 Å². The predicted molar refractivity (Wildman–Crippen MR) is 124 cm³/mol. The number of nitro benzene ring substituents is 1. The van der Waals surface area contributed by atoms with E-state index in [0.717, 1.165) is 13.1 Å². The number of nitrogens with one attached hydrogen (secondary N) is 1. The van der Waals surface area contributed by atoms with Crippen LogP contribution in [0.5, 0.6) is 5.75 Å². The van der Waals surface area contributed by atoms with Crippen molar-refractivity contribution in [2.45, 2.75) is 6.04 Å². The van der Waals surface area contributed by atoms with Crippen LogP contribution in [0.4, 0.5) is 5.69 Å². The van der Waals surface area contributed by atoms with Gasteiger partial charge >= 0.3 is 0 Å². The van der Waals surface area contributed by atoms with E-state index in [9.17, 15) is 24.8 Å². The van der Waals surface area contributed by atoms with Gasteiger partial charge < -0.3 is 24.4 Å². The molecule has 184 valence electrons. The van der Waals surface area contributed by atoms with Crippen molar-refractivity contribution >= 4 is 34.7 Å². The number of amides is 1. The maximum Gasteiger partial charge on any atom is 0.295 e. The molecule has 11 heteroatoms. The van der Waals surface area contributed by atoms with Crippen LogP contribution in [0.2, 0.25) is 5.02 Å². The average Bonchev–Trinajstić information content (AvgIpc) is 3.12. The zero-order valence-corrected chi connectivity index (χ0v) is 19.7. The Hall–Kier alpha value is -3.47. The van der Waals surface area contributed by atoms with Crippen molar-refractivity contribution in [3.05, 3.63) is 74.3 Å². The molecular weight excluding hydrogens is 478 g/mol. The van der Waals surface area contributed by atoms with Gasteiger partial charge in [0.25, 0.3) is 11.6 Å². The molecule has 0 bridgehead atoms. The molecule has 2 aromatic carbocycles. The molecule has 0 aliphatic carbocycles. The molecule has 1 amide bonds. The number of rotatable bonds is 7. The fraction of sp³-hybridized carbons (Fsp3) is 0.333. The van der Waals surface area contributed by atoms with Crippen molar-refractivity contribution in [1.82, 2.24) is 4.90 Å². The van der Waals surface area contributed by atoms with E-state index in [4.69, 9.17) is 21.1 Å². The third-order valence-electron chi connectivity index (χ3n) is 6.27. The second-order valence-corrected chi connectivity index (χ2v) is 8.69. The Morgan fingerprint density at radius 1 is 1.20 bits per heavy atom. The molecule has 2 aliphatic heterocycles. The lowest BCUT2D eigenvalue weighted by Gasteiger charge is -2.30. The molecule has 35 heavy (non-hydrogen) atoms. The Labute approximate surface area is 206 Å². The summed E-state index contributed by atoms with van der Waals surface area (Å²) >= 11 is 6.18. The summed E-state index contributed by atoms with van der Waals surface area (Å²) in [5.74, 6) is -1.92. The van der Waals surface area contributed by atoms with Crippen LogP contribution in [0.1, 0.15) is 17.2 Å². The molecule has 1 N–H and O–H groups in total. The molecule has 2 heterocycles. The van der Waals surface area contributed by atoms with Gasteiger partial charge in [-0.25, -0.2) is 0 Å². The number of quaternary nitrogens is 1. The van der Waals surface area contributed by atoms with Crippen molar-refractivity contribution in [3.8, 4) is 5.75 Å². The highest BCUT2D eigenvalue weighted by Gasteiger charge is 2.44. The van der Waals surface area contributed by atoms with Gasteiger partial charge in [-0.05, 0) is 35.4 Å². The zero-order valence-electron chi connectivity index (χ0n) is 19.0. The van der Waals surface area contributed by atoms with Crippen LogP contribution in [0, 0.1) is 10.1 Å². The number of ketones is 1. The van der Waals surface area contributed by atoms with Crippen molar-refractivity contribution in [2.24, 2.45) is 0 Å². The summed E-state index contributed by atoms with van der Waals surface area (Å²) in [7, 11) is 1.44. The number of methoxy groups -OCH3 is 1. The van der Waals surface area contributed by atoms with Gasteiger partial charge in [0.2, 0.25) is 5.78 Å². The van der Waals surface area contributed by atoms with E-state index < -0.39 is 28.4 Å². The van der Waals surface area contributed by atoms with Crippen LogP contribution in [-0.4, -0.2) is 68.0 Å². The van der Waals surface area contributed by atoms with Crippen LogP contribution in [-0.2, 0) is 14.3 Å². The van der Waals surface area contributed by atoms with Gasteiger partial charge in [0, 0.05) is 17.7 Å². The first-order valence-corrected chi connectivity index (χ1v) is 11.5. The lowest BCUT2D eigenvalue weighted by atomic mass is 9.95. The highest BCUT2D eigenvalue weighted by atomic mass is 35.5. The van der Waals surface area contributed by atoms with E-state index in [-0.39, 0.29) is 28.4 Å². The smallest absolute Gasteiger partial charge is 0.295 e. The topological polar surface area (TPSA) is 126 Å². The fourth-order valence-corrected chi connectivity index (χ4v) is 4.64. The summed E-state index contributed by atoms with van der Waals surface area (Å²) in [5.41, 5.74) is 0.236. The Morgan fingerprint density at radius 3 is 2.49 bits per heavy atom. The van der Waals surface area contributed by atoms with Crippen molar-refractivity contribution in [2.75, 3.05) is 46.5 Å². The van der Waals surface area contributed by atoms with E-state index in [1.165, 1.54) is 59.4 Å². The molecule has 1 atom stereocenters. The van der Waals surface area contributed by atoms with Gasteiger partial charge in [0.1, 0.15) is 18.8 Å². The van der Waals surface area contributed by atoms with Crippen LogP contribution in [0.15, 0.2) is 48.0 Å². The second-order valence-electron chi connectivity index (χ2n) is 8.28. The number of halogens is 1. The molecule has 4 rings (SSSR count). The number of carbonyl (C=O) groups is 2. The molecule has 0 radical (unpaired) electrons. The third-order valence-corrected chi connectivity index (χ3v) is 6.56. The summed E-state index contributed by atoms with van der Waals surface area (Å²) in [6.07, 6.45) is 0. The lowest BCUT2D eigenvalue weighted by molar-refractivity contribution is -0.907. The van der Waals surface area contributed by atoms with Crippen molar-refractivity contribution in [1.29, 1.82) is 0 Å². The second kappa shape index (κ2) is 10.4. The maximum atomic E-state index is 13.5. The molecule has 0 spiro atoms. The zero-order chi connectivity index (χ0) is 25.1. The van der Waals surface area contributed by atoms with Gasteiger partial charge in [-0.2, -0.15) is 0 Å². The van der Waals surface area contributed by atoms with E-state index >= 15 is 0 Å². The Morgan fingerprint density at radius 2 is 1.89 bits per heavy atom.